The van der Waals surface area contributed by atoms with E-state index in [1.165, 1.54) is 14.2 Å². The molecule has 1 fully saturated rings. The largest absolute Gasteiger partial charge is 0.394 e. The fraction of sp³-hybridized carbons (Fsp3) is 0.909. The van der Waals surface area contributed by atoms with E-state index in [1.54, 1.807) is 0 Å². The number of alkyl halides is 1. The Hall–Kier alpha value is -0.680. The summed E-state index contributed by atoms with van der Waals surface area (Å²) in [5.74, 6) is 0.167. The van der Waals surface area contributed by atoms with Crippen LogP contribution in [-0.4, -0.2) is 94.9 Å². The van der Waals surface area contributed by atoms with Crippen molar-refractivity contribution in [1.82, 2.24) is 10.2 Å². The second-order valence-corrected chi connectivity index (χ2v) is 5.00. The molecule has 0 aliphatic carbocycles. The van der Waals surface area contributed by atoms with Gasteiger partial charge in [0.2, 0.25) is 12.0 Å². The van der Waals surface area contributed by atoms with Crippen LogP contribution in [-0.2, 0) is 9.47 Å². The van der Waals surface area contributed by atoms with Crippen molar-refractivity contribution < 1.29 is 34.7 Å². The molecule has 5 atom stereocenters. The fourth-order valence-corrected chi connectivity index (χ4v) is 2.20. The molecule has 1 aliphatic rings. The van der Waals surface area contributed by atoms with Crippen LogP contribution >= 0.6 is 11.6 Å². The molecule has 0 aromatic carbocycles. The molecule has 124 valence electrons. The quantitative estimate of drug-likeness (QED) is 0.282. The van der Waals surface area contributed by atoms with Crippen molar-refractivity contribution in [2.24, 2.45) is 0 Å². The molecule has 1 heterocycles. The van der Waals surface area contributed by atoms with Gasteiger partial charge in [-0.1, -0.05) is 0 Å². The van der Waals surface area contributed by atoms with E-state index in [4.69, 9.17) is 26.2 Å². The van der Waals surface area contributed by atoms with E-state index in [0.29, 0.717) is 0 Å². The number of methoxy groups -OCH3 is 1. The van der Waals surface area contributed by atoms with Gasteiger partial charge in [0, 0.05) is 26.6 Å². The van der Waals surface area contributed by atoms with Crippen LogP contribution in [0.25, 0.3) is 0 Å². The Bertz CT molecular complexity index is 357. The molecule has 0 unspecified atom stereocenters. The lowest BCUT2D eigenvalue weighted by Crippen LogP contribution is -2.74. The maximum absolute atomic E-state index is 11.9. The van der Waals surface area contributed by atoms with E-state index in [2.05, 4.69) is 5.32 Å². The highest BCUT2D eigenvalue weighted by Gasteiger charge is 2.58. The van der Waals surface area contributed by atoms with Crippen LogP contribution in [0.4, 0.5) is 4.79 Å². The van der Waals surface area contributed by atoms with Gasteiger partial charge in [-0.2, -0.15) is 0 Å². The number of rotatable bonds is 5. The molecular weight excluding hydrogens is 308 g/mol. The number of halogens is 1. The van der Waals surface area contributed by atoms with Crippen molar-refractivity contribution in [2.75, 3.05) is 33.2 Å². The molecule has 5 N–H and O–H groups in total. The summed E-state index contributed by atoms with van der Waals surface area (Å²) >= 11 is 5.45. The standard InChI is InChI=1S/C11H21ClN2O7/c1-14(10(18)13-4-3-12)11(19)8(17)7(16)6(5-15)21-9(11)20-2/h6-9,15-17,19H,3-5H2,1-2H3,(H,13,18)/t6-,7-,8+,9+,11+/m1/s1. The Morgan fingerprint density at radius 3 is 2.62 bits per heavy atom. The number of aliphatic hydroxyl groups is 4. The van der Waals surface area contributed by atoms with Crippen LogP contribution in [0, 0.1) is 0 Å². The van der Waals surface area contributed by atoms with Crippen LogP contribution in [0.2, 0.25) is 0 Å². The number of amides is 2. The van der Waals surface area contributed by atoms with Gasteiger partial charge in [0.25, 0.3) is 0 Å². The molecule has 1 saturated heterocycles. The van der Waals surface area contributed by atoms with Gasteiger partial charge in [0.15, 0.2) is 0 Å². The summed E-state index contributed by atoms with van der Waals surface area (Å²) in [6.45, 7) is -0.437. The maximum atomic E-state index is 11.9. The molecule has 1 aliphatic heterocycles. The second kappa shape index (κ2) is 7.54. The third-order valence-corrected chi connectivity index (χ3v) is 3.58. The van der Waals surface area contributed by atoms with Crippen molar-refractivity contribution >= 4 is 17.6 Å². The first kappa shape index (κ1) is 18.4. The molecule has 0 radical (unpaired) electrons. The van der Waals surface area contributed by atoms with Crippen LogP contribution in [0.1, 0.15) is 0 Å². The van der Waals surface area contributed by atoms with Gasteiger partial charge in [0.1, 0.15) is 18.3 Å². The smallest absolute Gasteiger partial charge is 0.319 e. The summed E-state index contributed by atoms with van der Waals surface area (Å²) in [6.07, 6.45) is -6.01. The van der Waals surface area contributed by atoms with Gasteiger partial charge < -0.3 is 35.2 Å². The number of nitrogens with zero attached hydrogens (tertiary/aromatic N) is 1. The lowest BCUT2D eigenvalue weighted by Gasteiger charge is -2.50. The van der Waals surface area contributed by atoms with Gasteiger partial charge in [0.05, 0.1) is 6.61 Å². The van der Waals surface area contributed by atoms with Gasteiger partial charge in [-0.25, -0.2) is 4.79 Å². The number of carbonyl (C=O) groups excluding carboxylic acids is 1. The molecule has 9 nitrogen and oxygen atoms in total. The Morgan fingerprint density at radius 2 is 2.14 bits per heavy atom. The van der Waals surface area contributed by atoms with Gasteiger partial charge in [-0.05, 0) is 0 Å². The minimum absolute atomic E-state index is 0.150. The first-order valence-corrected chi connectivity index (χ1v) is 6.83. The minimum atomic E-state index is -2.34. The SMILES string of the molecule is CO[C@H]1O[C@H](CO)[C@@H](O)[C@H](O)[C@@]1(O)N(C)C(=O)NCCCl. The van der Waals surface area contributed by atoms with Crippen molar-refractivity contribution in [2.45, 2.75) is 30.3 Å². The lowest BCUT2D eigenvalue weighted by atomic mass is 9.92. The average molecular weight is 329 g/mol. The van der Waals surface area contributed by atoms with Crippen LogP contribution in [0.15, 0.2) is 0 Å². The molecule has 0 bridgehead atoms. The van der Waals surface area contributed by atoms with Crippen molar-refractivity contribution in [3.05, 3.63) is 0 Å². The van der Waals surface area contributed by atoms with E-state index in [0.717, 1.165) is 4.90 Å². The topological polar surface area (TPSA) is 132 Å². The van der Waals surface area contributed by atoms with Crippen LogP contribution < -0.4 is 5.32 Å². The maximum Gasteiger partial charge on any atom is 0.319 e. The highest BCUT2D eigenvalue weighted by molar-refractivity contribution is 6.18. The zero-order chi connectivity index (χ0) is 16.2. The molecule has 0 aromatic rings. The Balaban J connectivity index is 3.00. The van der Waals surface area contributed by atoms with Crippen molar-refractivity contribution in [3.8, 4) is 0 Å². The van der Waals surface area contributed by atoms with E-state index in [9.17, 15) is 20.1 Å². The number of carbonyl (C=O) groups is 1. The number of likely N-dealkylation sites (N-methyl/N-ethyl adjacent to an activating group) is 1. The molecule has 2 amide bonds. The molecular formula is C11H21ClN2O7. The highest BCUT2D eigenvalue weighted by atomic mass is 35.5. The van der Waals surface area contributed by atoms with Crippen molar-refractivity contribution in [1.29, 1.82) is 0 Å². The normalized spacial score (nSPS) is 36.3. The number of nitrogens with one attached hydrogen (secondary N) is 1. The zero-order valence-corrected chi connectivity index (χ0v) is 12.5. The molecule has 1 rings (SSSR count). The molecule has 21 heavy (non-hydrogen) atoms. The zero-order valence-electron chi connectivity index (χ0n) is 11.8. The van der Waals surface area contributed by atoms with E-state index >= 15 is 0 Å². The Morgan fingerprint density at radius 1 is 1.52 bits per heavy atom. The van der Waals surface area contributed by atoms with E-state index < -0.39 is 43.0 Å². The molecule has 0 aromatic heterocycles. The Kier molecular flexibility index (Phi) is 6.60. The number of urea groups is 1. The molecule has 0 spiro atoms. The summed E-state index contributed by atoms with van der Waals surface area (Å²) in [5, 5.41) is 42.1. The van der Waals surface area contributed by atoms with E-state index in [1.807, 2.05) is 0 Å². The predicted octanol–water partition coefficient (Wildman–Crippen LogP) is -2.36. The van der Waals surface area contributed by atoms with Crippen LogP contribution in [0.5, 0.6) is 0 Å². The highest BCUT2D eigenvalue weighted by Crippen LogP contribution is 2.32. The van der Waals surface area contributed by atoms with Crippen molar-refractivity contribution in [3.63, 3.8) is 0 Å². The summed E-state index contributed by atoms with van der Waals surface area (Å²) in [7, 11) is 2.40. The fourth-order valence-electron chi connectivity index (χ4n) is 2.11. The number of hydrogen-bond donors (Lipinski definition) is 5. The monoisotopic (exact) mass is 328 g/mol. The van der Waals surface area contributed by atoms with Crippen LogP contribution in [0.3, 0.4) is 0 Å². The minimum Gasteiger partial charge on any atom is -0.394 e. The third kappa shape index (κ3) is 3.39. The first-order chi connectivity index (χ1) is 9.84. The van der Waals surface area contributed by atoms with E-state index in [-0.39, 0.29) is 12.4 Å². The molecule has 0 saturated carbocycles. The number of hydrogen-bond acceptors (Lipinski definition) is 7. The Labute approximate surface area is 127 Å². The average Bonchev–Trinajstić information content (AvgIpc) is 2.49. The van der Waals surface area contributed by atoms with Gasteiger partial charge in [-0.15, -0.1) is 11.6 Å². The third-order valence-electron chi connectivity index (χ3n) is 3.39. The summed E-state index contributed by atoms with van der Waals surface area (Å²) in [6, 6.07) is -0.738. The second-order valence-electron chi connectivity index (χ2n) is 4.62. The van der Waals surface area contributed by atoms with Gasteiger partial charge >= 0.3 is 6.03 Å². The number of aliphatic hydroxyl groups excluding tert-OH is 3. The first-order valence-electron chi connectivity index (χ1n) is 6.29. The molecule has 10 heteroatoms. The lowest BCUT2D eigenvalue weighted by molar-refractivity contribution is -0.364. The summed E-state index contributed by atoms with van der Waals surface area (Å²) < 4.78 is 10.1. The van der Waals surface area contributed by atoms with Gasteiger partial charge in [-0.3, -0.25) is 4.90 Å². The number of ether oxygens (including phenoxy) is 2. The predicted molar refractivity (Wildman–Crippen MR) is 71.6 cm³/mol. The summed E-state index contributed by atoms with van der Waals surface area (Å²) in [5.41, 5.74) is -2.34. The summed E-state index contributed by atoms with van der Waals surface area (Å²) in [4.78, 5) is 12.7.